The van der Waals surface area contributed by atoms with Gasteiger partial charge in [-0.2, -0.15) is 5.26 Å². The molecular weight excluding hydrogens is 390 g/mol. The number of aromatic nitrogens is 2. The third-order valence-corrected chi connectivity index (χ3v) is 6.88. The predicted octanol–water partition coefficient (Wildman–Crippen LogP) is 5.52. The number of carbonyl (C=O) groups excluding carboxylic acids is 1. The fraction of sp³-hybridized carbons (Fsp3) is 0.240. The van der Waals surface area contributed by atoms with Crippen LogP contribution in [0.15, 0.2) is 53.6 Å². The number of Topliss-reactive ketones (excluding diaryl/α,β-unsaturated/α-hetero) is 1. The molecule has 4 nitrogen and oxygen atoms in total. The van der Waals surface area contributed by atoms with Crippen molar-refractivity contribution < 1.29 is 4.79 Å². The van der Waals surface area contributed by atoms with Gasteiger partial charge in [-0.3, -0.25) is 9.20 Å². The van der Waals surface area contributed by atoms with Crippen molar-refractivity contribution in [2.75, 3.05) is 5.75 Å². The molecule has 2 aromatic heterocycles. The summed E-state index contributed by atoms with van der Waals surface area (Å²) in [6.45, 7) is 1.92. The van der Waals surface area contributed by atoms with Gasteiger partial charge in [-0.1, -0.05) is 36.0 Å². The molecule has 0 bridgehead atoms. The number of hydrogen-bond acceptors (Lipinski definition) is 4. The number of rotatable bonds is 4. The van der Waals surface area contributed by atoms with E-state index in [0.717, 1.165) is 40.0 Å². The first kappa shape index (κ1) is 18.9. The Morgan fingerprint density at radius 2 is 1.93 bits per heavy atom. The molecule has 5 rings (SSSR count). The summed E-state index contributed by atoms with van der Waals surface area (Å²) in [5, 5.41) is 10.6. The predicted molar refractivity (Wildman–Crippen MR) is 120 cm³/mol. The zero-order valence-electron chi connectivity index (χ0n) is 16.8. The molecule has 0 fully saturated rings. The average molecular weight is 412 g/mol. The Labute approximate surface area is 179 Å². The van der Waals surface area contributed by atoms with Crippen LogP contribution in [0.5, 0.6) is 0 Å². The molecule has 0 radical (unpaired) electrons. The second-order valence-corrected chi connectivity index (χ2v) is 8.81. The molecule has 0 N–H and O–H groups in total. The molecule has 1 aliphatic rings. The van der Waals surface area contributed by atoms with Gasteiger partial charge >= 0.3 is 0 Å². The quantitative estimate of drug-likeness (QED) is 0.328. The Balaban J connectivity index is 1.50. The maximum absolute atomic E-state index is 13.0. The van der Waals surface area contributed by atoms with E-state index in [9.17, 15) is 10.1 Å². The monoisotopic (exact) mass is 411 g/mol. The van der Waals surface area contributed by atoms with Crippen LogP contribution in [0, 0.1) is 18.3 Å². The summed E-state index contributed by atoms with van der Waals surface area (Å²) in [6, 6.07) is 18.3. The molecule has 0 spiro atoms. The topological polar surface area (TPSA) is 58.2 Å². The van der Waals surface area contributed by atoms with Gasteiger partial charge in [0.1, 0.15) is 6.07 Å². The summed E-state index contributed by atoms with van der Waals surface area (Å²) in [5.41, 5.74) is 7.42. The van der Waals surface area contributed by atoms with Crippen molar-refractivity contribution in [3.8, 4) is 6.07 Å². The van der Waals surface area contributed by atoms with Gasteiger partial charge in [0.2, 0.25) is 0 Å². The number of thioether (sulfide) groups is 1. The van der Waals surface area contributed by atoms with Crippen LogP contribution < -0.4 is 0 Å². The maximum Gasteiger partial charge on any atom is 0.173 e. The summed E-state index contributed by atoms with van der Waals surface area (Å²) in [5.74, 6) is 0.485. The van der Waals surface area contributed by atoms with Gasteiger partial charge in [0.25, 0.3) is 0 Å². The third-order valence-electron chi connectivity index (χ3n) is 5.87. The molecule has 2 heterocycles. The number of ketones is 1. The van der Waals surface area contributed by atoms with Crippen molar-refractivity contribution in [3.05, 3.63) is 76.3 Å². The van der Waals surface area contributed by atoms with E-state index in [-0.39, 0.29) is 5.78 Å². The third kappa shape index (κ3) is 3.18. The SMILES string of the molecule is Cc1cc(SCC(=O)c2ccc3c(c2)CCCC3)n2c(nc3ccccc32)c1C#N. The van der Waals surface area contributed by atoms with Gasteiger partial charge in [0.05, 0.1) is 27.4 Å². The molecule has 5 heteroatoms. The number of benzene rings is 2. The Kier molecular flexibility index (Phi) is 4.80. The van der Waals surface area contributed by atoms with Crippen molar-refractivity contribution >= 4 is 34.2 Å². The van der Waals surface area contributed by atoms with E-state index < -0.39 is 0 Å². The van der Waals surface area contributed by atoms with Crippen LogP contribution in [0.2, 0.25) is 0 Å². The lowest BCUT2D eigenvalue weighted by molar-refractivity contribution is 0.102. The smallest absolute Gasteiger partial charge is 0.173 e. The highest BCUT2D eigenvalue weighted by Gasteiger charge is 2.17. The number of nitriles is 1. The van der Waals surface area contributed by atoms with Gasteiger partial charge in [0, 0.05) is 5.56 Å². The Bertz CT molecular complexity index is 1350. The lowest BCUT2D eigenvalue weighted by Crippen LogP contribution is -2.08. The molecular formula is C25H21N3OS. The molecule has 0 saturated carbocycles. The number of fused-ring (bicyclic) bond motifs is 4. The maximum atomic E-state index is 13.0. The minimum Gasteiger partial charge on any atom is -0.293 e. The Hall–Kier alpha value is -3.10. The first-order valence-corrected chi connectivity index (χ1v) is 11.2. The lowest BCUT2D eigenvalue weighted by Gasteiger charge is -2.16. The summed E-state index contributed by atoms with van der Waals surface area (Å²) in [7, 11) is 0. The number of hydrogen-bond donors (Lipinski definition) is 0. The van der Waals surface area contributed by atoms with E-state index in [2.05, 4.69) is 23.2 Å². The van der Waals surface area contributed by atoms with Crippen LogP contribution in [0.3, 0.4) is 0 Å². The van der Waals surface area contributed by atoms with Gasteiger partial charge in [0.15, 0.2) is 11.4 Å². The molecule has 0 unspecified atom stereocenters. The molecule has 4 aromatic rings. The van der Waals surface area contributed by atoms with E-state index in [1.54, 1.807) is 0 Å². The van der Waals surface area contributed by atoms with E-state index >= 15 is 0 Å². The van der Waals surface area contributed by atoms with Crippen molar-refractivity contribution in [2.24, 2.45) is 0 Å². The minimum absolute atomic E-state index is 0.132. The van der Waals surface area contributed by atoms with Crippen LogP contribution in [-0.2, 0) is 12.8 Å². The number of pyridine rings is 1. The van der Waals surface area contributed by atoms with Gasteiger partial charge in [-0.15, -0.1) is 0 Å². The molecule has 0 atom stereocenters. The molecule has 148 valence electrons. The van der Waals surface area contributed by atoms with Gasteiger partial charge in [-0.25, -0.2) is 4.98 Å². The van der Waals surface area contributed by atoms with Crippen LogP contribution in [0.1, 0.15) is 45.5 Å². The van der Waals surface area contributed by atoms with Crippen molar-refractivity contribution in [2.45, 2.75) is 37.6 Å². The first-order chi connectivity index (χ1) is 14.7. The number of imidazole rings is 1. The fourth-order valence-corrected chi connectivity index (χ4v) is 5.31. The highest BCUT2D eigenvalue weighted by Crippen LogP contribution is 2.30. The van der Waals surface area contributed by atoms with Crippen molar-refractivity contribution in [3.63, 3.8) is 0 Å². The van der Waals surface area contributed by atoms with Gasteiger partial charge < -0.3 is 0 Å². The highest BCUT2D eigenvalue weighted by atomic mass is 32.2. The molecule has 0 saturated heterocycles. The van der Waals surface area contributed by atoms with Crippen LogP contribution >= 0.6 is 11.8 Å². The Morgan fingerprint density at radius 1 is 1.13 bits per heavy atom. The second kappa shape index (κ2) is 7.62. The molecule has 2 aromatic carbocycles. The van der Waals surface area contributed by atoms with E-state index in [1.807, 2.05) is 47.7 Å². The summed E-state index contributed by atoms with van der Waals surface area (Å²) in [4.78, 5) is 17.6. The number of para-hydroxylation sites is 2. The van der Waals surface area contributed by atoms with E-state index in [0.29, 0.717) is 17.0 Å². The summed E-state index contributed by atoms with van der Waals surface area (Å²) in [6.07, 6.45) is 4.63. The lowest BCUT2D eigenvalue weighted by atomic mass is 9.90. The number of aryl methyl sites for hydroxylation is 3. The molecule has 1 aliphatic carbocycles. The summed E-state index contributed by atoms with van der Waals surface area (Å²) < 4.78 is 2.01. The standard InChI is InChI=1S/C25H21N3OS/c1-16-12-24(28-22-9-5-4-8-21(22)27-25(28)20(16)14-26)30-15-23(29)19-11-10-17-6-2-3-7-18(17)13-19/h4-5,8-13H,2-3,6-7,15H2,1H3. The average Bonchev–Trinajstić information content (AvgIpc) is 3.16. The minimum atomic E-state index is 0.132. The molecule has 0 aliphatic heterocycles. The van der Waals surface area contributed by atoms with Crippen molar-refractivity contribution in [1.82, 2.24) is 9.38 Å². The van der Waals surface area contributed by atoms with Crippen LogP contribution in [0.25, 0.3) is 16.7 Å². The van der Waals surface area contributed by atoms with E-state index in [4.69, 9.17) is 0 Å². The van der Waals surface area contributed by atoms with Crippen LogP contribution in [0.4, 0.5) is 0 Å². The van der Waals surface area contributed by atoms with Gasteiger partial charge in [-0.05, 0) is 73.6 Å². The highest BCUT2D eigenvalue weighted by molar-refractivity contribution is 8.00. The Morgan fingerprint density at radius 3 is 2.77 bits per heavy atom. The fourth-order valence-electron chi connectivity index (χ4n) is 4.29. The van der Waals surface area contributed by atoms with Crippen molar-refractivity contribution in [1.29, 1.82) is 5.26 Å². The normalized spacial score (nSPS) is 13.3. The molecule has 30 heavy (non-hydrogen) atoms. The molecule has 0 amide bonds. The van der Waals surface area contributed by atoms with E-state index in [1.165, 1.54) is 35.7 Å². The zero-order valence-corrected chi connectivity index (χ0v) is 17.6. The van der Waals surface area contributed by atoms with Crippen LogP contribution in [-0.4, -0.2) is 20.9 Å². The number of nitrogens with zero attached hydrogens (tertiary/aromatic N) is 3. The number of carbonyl (C=O) groups is 1. The first-order valence-electron chi connectivity index (χ1n) is 10.2. The largest absolute Gasteiger partial charge is 0.293 e. The summed E-state index contributed by atoms with van der Waals surface area (Å²) >= 11 is 1.51. The zero-order chi connectivity index (χ0) is 20.7. The second-order valence-electron chi connectivity index (χ2n) is 7.81.